The zero-order valence-electron chi connectivity index (χ0n) is 6.83. The Labute approximate surface area is 63.2 Å². The predicted molar refractivity (Wildman–Crippen MR) is 43.7 cm³/mol. The van der Waals surface area contributed by atoms with Crippen LogP contribution in [0.4, 0.5) is 0 Å². The van der Waals surface area contributed by atoms with E-state index in [0.29, 0.717) is 5.41 Å². The molecule has 0 fully saturated rings. The SMILES string of the molecule is CCNCC1(C)CC#CC1. The van der Waals surface area contributed by atoms with E-state index in [1.165, 1.54) is 0 Å². The van der Waals surface area contributed by atoms with Crippen molar-refractivity contribution in [1.82, 2.24) is 5.32 Å². The van der Waals surface area contributed by atoms with Crippen LogP contribution in [-0.2, 0) is 0 Å². The van der Waals surface area contributed by atoms with E-state index in [1.807, 2.05) is 0 Å². The second kappa shape index (κ2) is 3.07. The van der Waals surface area contributed by atoms with Crippen molar-refractivity contribution in [1.29, 1.82) is 0 Å². The number of hydrogen-bond acceptors (Lipinski definition) is 1. The molecule has 0 bridgehead atoms. The van der Waals surface area contributed by atoms with Gasteiger partial charge in [0.2, 0.25) is 0 Å². The Hall–Kier alpha value is -0.480. The van der Waals surface area contributed by atoms with Crippen LogP contribution in [0, 0.1) is 17.3 Å². The quantitative estimate of drug-likeness (QED) is 0.580. The Kier molecular flexibility index (Phi) is 2.34. The van der Waals surface area contributed by atoms with Crippen LogP contribution in [0.5, 0.6) is 0 Å². The Balaban J connectivity index is 2.25. The standard InChI is InChI=1S/C9H15N/c1-3-10-8-9(2)6-4-5-7-9/h10H,3,6-8H2,1-2H3. The molecule has 0 spiro atoms. The van der Waals surface area contributed by atoms with Gasteiger partial charge in [-0.05, 0) is 6.54 Å². The van der Waals surface area contributed by atoms with Gasteiger partial charge in [-0.1, -0.05) is 13.8 Å². The molecule has 0 unspecified atom stereocenters. The number of hydrogen-bond donors (Lipinski definition) is 1. The predicted octanol–water partition coefficient (Wildman–Crippen LogP) is 1.40. The normalized spacial score (nSPS) is 20.2. The average Bonchev–Trinajstić information content (AvgIpc) is 2.33. The lowest BCUT2D eigenvalue weighted by atomic mass is 9.87. The van der Waals surface area contributed by atoms with Gasteiger partial charge in [0.15, 0.2) is 0 Å². The van der Waals surface area contributed by atoms with Crippen LogP contribution in [0.25, 0.3) is 0 Å². The molecule has 1 aliphatic rings. The third-order valence-electron chi connectivity index (χ3n) is 1.96. The molecule has 0 saturated carbocycles. The molecule has 1 N–H and O–H groups in total. The summed E-state index contributed by atoms with van der Waals surface area (Å²) in [7, 11) is 0. The van der Waals surface area contributed by atoms with Crippen molar-refractivity contribution >= 4 is 0 Å². The maximum atomic E-state index is 3.35. The van der Waals surface area contributed by atoms with Crippen LogP contribution >= 0.6 is 0 Å². The second-order valence-corrected chi connectivity index (χ2v) is 3.30. The van der Waals surface area contributed by atoms with Crippen molar-refractivity contribution in [3.05, 3.63) is 0 Å². The molecule has 56 valence electrons. The summed E-state index contributed by atoms with van der Waals surface area (Å²) < 4.78 is 0. The summed E-state index contributed by atoms with van der Waals surface area (Å²) in [6.45, 7) is 6.58. The lowest BCUT2D eigenvalue weighted by Crippen LogP contribution is -2.29. The molecule has 1 aliphatic carbocycles. The highest BCUT2D eigenvalue weighted by Crippen LogP contribution is 2.27. The minimum atomic E-state index is 0.413. The van der Waals surface area contributed by atoms with Gasteiger partial charge in [-0.25, -0.2) is 0 Å². The summed E-state index contributed by atoms with van der Waals surface area (Å²) in [5.74, 6) is 6.26. The highest BCUT2D eigenvalue weighted by molar-refractivity contribution is 5.13. The minimum Gasteiger partial charge on any atom is -0.316 e. The molecule has 0 aromatic heterocycles. The van der Waals surface area contributed by atoms with E-state index in [2.05, 4.69) is 31.0 Å². The molecule has 0 aromatic carbocycles. The van der Waals surface area contributed by atoms with Crippen LogP contribution in [-0.4, -0.2) is 13.1 Å². The second-order valence-electron chi connectivity index (χ2n) is 3.30. The smallest absolute Gasteiger partial charge is 0.0164 e. The zero-order valence-corrected chi connectivity index (χ0v) is 6.83. The summed E-state index contributed by atoms with van der Waals surface area (Å²) in [6, 6.07) is 0. The lowest BCUT2D eigenvalue weighted by Gasteiger charge is -2.22. The number of nitrogens with one attached hydrogen (secondary N) is 1. The highest BCUT2D eigenvalue weighted by Gasteiger charge is 2.24. The van der Waals surface area contributed by atoms with E-state index >= 15 is 0 Å². The molecule has 0 saturated heterocycles. The van der Waals surface area contributed by atoms with E-state index in [-0.39, 0.29) is 0 Å². The number of rotatable bonds is 3. The van der Waals surface area contributed by atoms with Gasteiger partial charge in [0, 0.05) is 24.8 Å². The Morgan fingerprint density at radius 3 is 2.50 bits per heavy atom. The van der Waals surface area contributed by atoms with E-state index in [1.54, 1.807) is 0 Å². The summed E-state index contributed by atoms with van der Waals surface area (Å²) in [5.41, 5.74) is 0.413. The topological polar surface area (TPSA) is 12.0 Å². The van der Waals surface area contributed by atoms with Crippen LogP contribution in [0.3, 0.4) is 0 Å². The first-order valence-corrected chi connectivity index (χ1v) is 3.93. The van der Waals surface area contributed by atoms with E-state index in [9.17, 15) is 0 Å². The van der Waals surface area contributed by atoms with Crippen molar-refractivity contribution < 1.29 is 0 Å². The molecule has 1 nitrogen and oxygen atoms in total. The molecule has 0 radical (unpaired) electrons. The first kappa shape index (κ1) is 7.63. The summed E-state index contributed by atoms with van der Waals surface area (Å²) in [6.07, 6.45) is 2.14. The maximum Gasteiger partial charge on any atom is 0.0164 e. The molecule has 1 heteroatoms. The fourth-order valence-electron chi connectivity index (χ4n) is 1.17. The molecular weight excluding hydrogens is 122 g/mol. The summed E-state index contributed by atoms with van der Waals surface area (Å²) in [4.78, 5) is 0. The molecule has 0 atom stereocenters. The average molecular weight is 137 g/mol. The van der Waals surface area contributed by atoms with Crippen molar-refractivity contribution in [2.75, 3.05) is 13.1 Å². The van der Waals surface area contributed by atoms with Crippen LogP contribution in [0.15, 0.2) is 0 Å². The van der Waals surface area contributed by atoms with Gasteiger partial charge in [-0.15, -0.1) is 11.8 Å². The van der Waals surface area contributed by atoms with Crippen molar-refractivity contribution in [2.45, 2.75) is 26.7 Å². The van der Waals surface area contributed by atoms with Crippen LogP contribution < -0.4 is 5.32 Å². The largest absolute Gasteiger partial charge is 0.316 e. The van der Waals surface area contributed by atoms with Crippen LogP contribution in [0.1, 0.15) is 26.7 Å². The van der Waals surface area contributed by atoms with Gasteiger partial charge in [-0.3, -0.25) is 0 Å². The van der Waals surface area contributed by atoms with Gasteiger partial charge in [-0.2, -0.15) is 0 Å². The van der Waals surface area contributed by atoms with Gasteiger partial charge in [0.05, 0.1) is 0 Å². The lowest BCUT2D eigenvalue weighted by molar-refractivity contribution is 0.335. The van der Waals surface area contributed by atoms with Crippen molar-refractivity contribution in [2.24, 2.45) is 5.41 Å². The molecule has 0 heterocycles. The molecule has 0 amide bonds. The monoisotopic (exact) mass is 137 g/mol. The molecular formula is C9H15N. The minimum absolute atomic E-state index is 0.413. The Morgan fingerprint density at radius 2 is 2.00 bits per heavy atom. The first-order chi connectivity index (χ1) is 4.77. The Bertz CT molecular complexity index is 151. The van der Waals surface area contributed by atoms with Gasteiger partial charge >= 0.3 is 0 Å². The maximum absolute atomic E-state index is 3.35. The third-order valence-corrected chi connectivity index (χ3v) is 1.96. The third kappa shape index (κ3) is 1.75. The van der Waals surface area contributed by atoms with Crippen molar-refractivity contribution in [3.63, 3.8) is 0 Å². The molecule has 1 rings (SSSR count). The van der Waals surface area contributed by atoms with Gasteiger partial charge in [0.25, 0.3) is 0 Å². The fourth-order valence-corrected chi connectivity index (χ4v) is 1.17. The first-order valence-electron chi connectivity index (χ1n) is 3.93. The van der Waals surface area contributed by atoms with Crippen LogP contribution in [0.2, 0.25) is 0 Å². The highest BCUT2D eigenvalue weighted by atomic mass is 14.9. The molecule has 10 heavy (non-hydrogen) atoms. The van der Waals surface area contributed by atoms with Gasteiger partial charge in [0.1, 0.15) is 0 Å². The fraction of sp³-hybridized carbons (Fsp3) is 0.778. The summed E-state index contributed by atoms with van der Waals surface area (Å²) >= 11 is 0. The van der Waals surface area contributed by atoms with E-state index in [4.69, 9.17) is 0 Å². The Morgan fingerprint density at radius 1 is 1.40 bits per heavy atom. The van der Waals surface area contributed by atoms with E-state index in [0.717, 1.165) is 25.9 Å². The van der Waals surface area contributed by atoms with E-state index < -0.39 is 0 Å². The van der Waals surface area contributed by atoms with Gasteiger partial charge < -0.3 is 5.32 Å². The molecule has 0 aliphatic heterocycles. The zero-order chi connectivity index (χ0) is 7.45. The van der Waals surface area contributed by atoms with Crippen molar-refractivity contribution in [3.8, 4) is 11.8 Å². The molecule has 0 aromatic rings. The summed E-state index contributed by atoms with van der Waals surface area (Å²) in [5, 5.41) is 3.35.